The van der Waals surface area contributed by atoms with Crippen LogP contribution in [0, 0.1) is 0 Å². The molecule has 0 unspecified atom stereocenters. The van der Waals surface area contributed by atoms with Crippen molar-refractivity contribution in [2.45, 2.75) is 18.9 Å². The van der Waals surface area contributed by atoms with E-state index >= 15 is 0 Å². The summed E-state index contributed by atoms with van der Waals surface area (Å²) >= 11 is 0. The number of para-hydroxylation sites is 1. The van der Waals surface area contributed by atoms with E-state index in [1.165, 1.54) is 9.13 Å². The zero-order valence-corrected chi connectivity index (χ0v) is 16.1. The van der Waals surface area contributed by atoms with Gasteiger partial charge in [0.1, 0.15) is 6.04 Å². The van der Waals surface area contributed by atoms with Gasteiger partial charge in [0, 0.05) is 39.6 Å². The number of nitrogens with one attached hydrogen (secondary N) is 1. The summed E-state index contributed by atoms with van der Waals surface area (Å²) in [5.41, 5.74) is 1.96. The molecule has 10 heteroatoms. The monoisotopic (exact) mass is 401 g/mol. The Morgan fingerprint density at radius 3 is 2.55 bits per heavy atom. The predicted octanol–water partition coefficient (Wildman–Crippen LogP) is -0.476. The number of piperazine rings is 1. The molecule has 0 spiro atoms. The number of carbonyl (C=O) groups is 3. The minimum atomic E-state index is -0.843. The molecule has 0 saturated carbocycles. The van der Waals surface area contributed by atoms with E-state index in [0.717, 1.165) is 11.2 Å². The van der Waals surface area contributed by atoms with Gasteiger partial charge in [-0.05, 0) is 18.6 Å². The molecular weight excluding hydrogens is 378 g/mol. The number of imidazole rings is 1. The summed E-state index contributed by atoms with van der Waals surface area (Å²) in [6.45, 7) is 2.53. The molecule has 1 aromatic carbocycles. The van der Waals surface area contributed by atoms with Crippen LogP contribution in [-0.4, -0.2) is 69.6 Å². The summed E-state index contributed by atoms with van der Waals surface area (Å²) in [5.74, 6) is -1.62. The summed E-state index contributed by atoms with van der Waals surface area (Å²) < 4.78 is 3.01. The molecule has 0 aliphatic carbocycles. The number of rotatable bonds is 4. The van der Waals surface area contributed by atoms with Gasteiger partial charge in [-0.1, -0.05) is 6.07 Å². The van der Waals surface area contributed by atoms with Gasteiger partial charge >= 0.3 is 11.7 Å². The molecule has 10 nitrogen and oxygen atoms in total. The van der Waals surface area contributed by atoms with Gasteiger partial charge < -0.3 is 10.0 Å². The predicted molar refractivity (Wildman–Crippen MR) is 105 cm³/mol. The van der Waals surface area contributed by atoms with Crippen molar-refractivity contribution in [3.05, 3.63) is 28.7 Å². The number of aryl methyl sites for hydroxylation is 1. The second kappa shape index (κ2) is 7.36. The third kappa shape index (κ3) is 3.39. The lowest BCUT2D eigenvalue weighted by Crippen LogP contribution is -2.48. The molecule has 2 fully saturated rings. The summed E-state index contributed by atoms with van der Waals surface area (Å²) in [7, 11) is 1.68. The SMILES string of the molecule is Cn1c(=O)n([C@@H]2CCC(=O)NC2=O)c2cccc(N3CCN(CC(=O)O)CC3)c21. The molecule has 29 heavy (non-hydrogen) atoms. The minimum absolute atomic E-state index is 0.0163. The van der Waals surface area contributed by atoms with Crippen molar-refractivity contribution >= 4 is 34.5 Å². The number of carboxylic acids is 1. The van der Waals surface area contributed by atoms with Crippen molar-refractivity contribution in [2.75, 3.05) is 37.6 Å². The Hall–Kier alpha value is -3.14. The topological polar surface area (TPSA) is 117 Å². The highest BCUT2D eigenvalue weighted by atomic mass is 16.4. The van der Waals surface area contributed by atoms with E-state index in [9.17, 15) is 19.2 Å². The second-order valence-electron chi connectivity index (χ2n) is 7.48. The Labute approximate surface area is 166 Å². The highest BCUT2D eigenvalue weighted by molar-refractivity contribution is 6.00. The number of amides is 2. The zero-order valence-electron chi connectivity index (χ0n) is 16.1. The first-order valence-corrected chi connectivity index (χ1v) is 9.59. The molecular formula is C19H23N5O5. The number of fused-ring (bicyclic) bond motifs is 1. The number of benzene rings is 1. The quantitative estimate of drug-likeness (QED) is 0.665. The number of hydrogen-bond acceptors (Lipinski definition) is 6. The number of anilines is 1. The third-order valence-electron chi connectivity index (χ3n) is 5.68. The van der Waals surface area contributed by atoms with Crippen LogP contribution in [0.25, 0.3) is 11.0 Å². The summed E-state index contributed by atoms with van der Waals surface area (Å²) in [6, 6.07) is 4.88. The Kier molecular flexibility index (Phi) is 4.87. The maximum absolute atomic E-state index is 13.0. The first-order valence-electron chi connectivity index (χ1n) is 9.59. The van der Waals surface area contributed by atoms with Gasteiger partial charge in [-0.2, -0.15) is 0 Å². The van der Waals surface area contributed by atoms with E-state index in [4.69, 9.17) is 5.11 Å². The lowest BCUT2D eigenvalue weighted by molar-refractivity contribution is -0.138. The summed E-state index contributed by atoms with van der Waals surface area (Å²) in [5, 5.41) is 11.3. The maximum atomic E-state index is 13.0. The van der Waals surface area contributed by atoms with Crippen LogP contribution in [0.1, 0.15) is 18.9 Å². The zero-order chi connectivity index (χ0) is 20.7. The van der Waals surface area contributed by atoms with Crippen molar-refractivity contribution in [1.29, 1.82) is 0 Å². The van der Waals surface area contributed by atoms with E-state index in [1.807, 2.05) is 23.1 Å². The second-order valence-corrected chi connectivity index (χ2v) is 7.48. The van der Waals surface area contributed by atoms with Gasteiger partial charge in [0.25, 0.3) is 0 Å². The van der Waals surface area contributed by atoms with Crippen LogP contribution >= 0.6 is 0 Å². The molecule has 4 rings (SSSR count). The van der Waals surface area contributed by atoms with Crippen molar-refractivity contribution in [3.8, 4) is 0 Å². The average Bonchev–Trinajstić information content (AvgIpc) is 2.93. The van der Waals surface area contributed by atoms with Gasteiger partial charge in [-0.3, -0.25) is 33.7 Å². The van der Waals surface area contributed by atoms with Crippen LogP contribution in [0.3, 0.4) is 0 Å². The fourth-order valence-corrected chi connectivity index (χ4v) is 4.24. The number of hydrogen-bond donors (Lipinski definition) is 2. The Morgan fingerprint density at radius 2 is 1.90 bits per heavy atom. The number of imide groups is 1. The summed E-state index contributed by atoms with van der Waals surface area (Å²) in [6.07, 6.45) is 0.492. The van der Waals surface area contributed by atoms with E-state index in [-0.39, 0.29) is 24.6 Å². The molecule has 2 aliphatic rings. The van der Waals surface area contributed by atoms with Crippen LogP contribution < -0.4 is 15.9 Å². The molecule has 1 atom stereocenters. The van der Waals surface area contributed by atoms with Gasteiger partial charge in [0.2, 0.25) is 11.8 Å². The Bertz CT molecular complexity index is 1050. The Morgan fingerprint density at radius 1 is 1.17 bits per heavy atom. The number of piperidine rings is 1. The number of nitrogens with zero attached hydrogens (tertiary/aromatic N) is 4. The van der Waals surface area contributed by atoms with Gasteiger partial charge in [-0.25, -0.2) is 4.79 Å². The number of aliphatic carboxylic acids is 1. The average molecular weight is 401 g/mol. The molecule has 2 saturated heterocycles. The largest absolute Gasteiger partial charge is 0.480 e. The fraction of sp³-hybridized carbons (Fsp3) is 0.474. The molecule has 0 bridgehead atoms. The van der Waals surface area contributed by atoms with Crippen LogP contribution in [0.4, 0.5) is 5.69 Å². The lowest BCUT2D eigenvalue weighted by Gasteiger charge is -2.35. The molecule has 2 N–H and O–H groups in total. The first-order chi connectivity index (χ1) is 13.9. The van der Waals surface area contributed by atoms with Crippen molar-refractivity contribution in [3.63, 3.8) is 0 Å². The standard InChI is InChI=1S/C19H23N5O5/c1-21-17-12(23-9-7-22(8-10-23)11-16(26)27)3-2-4-13(17)24(19(21)29)14-5-6-15(25)20-18(14)28/h2-4,14H,5-11H2,1H3,(H,26,27)(H,20,25,28)/t14-/m1/s1. The van der Waals surface area contributed by atoms with E-state index in [2.05, 4.69) is 10.2 Å². The van der Waals surface area contributed by atoms with E-state index in [1.54, 1.807) is 7.05 Å². The molecule has 2 aliphatic heterocycles. The van der Waals surface area contributed by atoms with Crippen LogP contribution in [0.5, 0.6) is 0 Å². The number of carboxylic acid groups (broad SMARTS) is 1. The molecule has 3 heterocycles. The number of carbonyl (C=O) groups excluding carboxylic acids is 2. The van der Waals surface area contributed by atoms with Crippen molar-refractivity contribution in [2.24, 2.45) is 7.05 Å². The molecule has 154 valence electrons. The molecule has 0 radical (unpaired) electrons. The number of aromatic nitrogens is 2. The minimum Gasteiger partial charge on any atom is -0.480 e. The van der Waals surface area contributed by atoms with E-state index in [0.29, 0.717) is 38.1 Å². The lowest BCUT2D eigenvalue weighted by atomic mass is 10.1. The van der Waals surface area contributed by atoms with Gasteiger partial charge in [0.15, 0.2) is 0 Å². The molecule has 2 aromatic rings. The van der Waals surface area contributed by atoms with Gasteiger partial charge in [-0.15, -0.1) is 0 Å². The maximum Gasteiger partial charge on any atom is 0.329 e. The van der Waals surface area contributed by atoms with E-state index < -0.39 is 17.9 Å². The van der Waals surface area contributed by atoms with Crippen molar-refractivity contribution < 1.29 is 19.5 Å². The van der Waals surface area contributed by atoms with Crippen LogP contribution in [-0.2, 0) is 21.4 Å². The molecule has 1 aromatic heterocycles. The Balaban J connectivity index is 1.70. The highest BCUT2D eigenvalue weighted by Crippen LogP contribution is 2.30. The van der Waals surface area contributed by atoms with Crippen molar-refractivity contribution in [1.82, 2.24) is 19.4 Å². The van der Waals surface area contributed by atoms with Crippen LogP contribution in [0.15, 0.2) is 23.0 Å². The third-order valence-corrected chi connectivity index (χ3v) is 5.68. The smallest absolute Gasteiger partial charge is 0.329 e. The van der Waals surface area contributed by atoms with Gasteiger partial charge in [0.05, 0.1) is 23.3 Å². The molecule has 2 amide bonds. The van der Waals surface area contributed by atoms with Crippen LogP contribution in [0.2, 0.25) is 0 Å². The fourth-order valence-electron chi connectivity index (χ4n) is 4.24. The summed E-state index contributed by atoms with van der Waals surface area (Å²) in [4.78, 5) is 51.8. The highest BCUT2D eigenvalue weighted by Gasteiger charge is 2.32. The first kappa shape index (κ1) is 19.2. The normalized spacial score (nSPS) is 20.9.